The maximum absolute atomic E-state index is 12.3. The molecule has 1 atom stereocenters. The zero-order valence-corrected chi connectivity index (χ0v) is 15.7. The van der Waals surface area contributed by atoms with E-state index in [1.165, 1.54) is 12.8 Å². The summed E-state index contributed by atoms with van der Waals surface area (Å²) in [5.74, 6) is 0.644. The maximum Gasteiger partial charge on any atom is 0.238 e. The Bertz CT molecular complexity index is 574. The van der Waals surface area contributed by atoms with Crippen molar-refractivity contribution in [1.29, 1.82) is 0 Å². The molecule has 1 amide bonds. The molecule has 4 nitrogen and oxygen atoms in total. The predicted molar refractivity (Wildman–Crippen MR) is 100 cm³/mol. The molecule has 2 aliphatic heterocycles. The zero-order chi connectivity index (χ0) is 17.1. The van der Waals surface area contributed by atoms with Crippen LogP contribution in [-0.2, 0) is 4.79 Å². The van der Waals surface area contributed by atoms with E-state index in [4.69, 9.17) is 34.8 Å². The molecule has 2 aliphatic rings. The van der Waals surface area contributed by atoms with E-state index >= 15 is 0 Å². The Morgan fingerprint density at radius 3 is 2.42 bits per heavy atom. The van der Waals surface area contributed by atoms with Crippen LogP contribution in [0.4, 0.5) is 5.69 Å². The quantitative estimate of drug-likeness (QED) is 0.815. The summed E-state index contributed by atoms with van der Waals surface area (Å²) in [5, 5.41) is 7.55. The molecule has 0 aromatic heterocycles. The molecule has 2 saturated heterocycles. The Balaban J connectivity index is 1.49. The highest BCUT2D eigenvalue weighted by Gasteiger charge is 2.28. The summed E-state index contributed by atoms with van der Waals surface area (Å²) < 4.78 is 0. The van der Waals surface area contributed by atoms with Gasteiger partial charge in [-0.15, -0.1) is 0 Å². The largest absolute Gasteiger partial charge is 0.322 e. The first-order chi connectivity index (χ1) is 11.5. The highest BCUT2D eigenvalue weighted by atomic mass is 35.5. The summed E-state index contributed by atoms with van der Waals surface area (Å²) in [5.41, 5.74) is 0.428. The molecule has 0 aliphatic carbocycles. The number of likely N-dealkylation sites (tertiary alicyclic amines) is 1. The average molecular weight is 391 g/mol. The summed E-state index contributed by atoms with van der Waals surface area (Å²) in [6.07, 6.45) is 4.87. The molecule has 2 N–H and O–H groups in total. The van der Waals surface area contributed by atoms with Crippen molar-refractivity contribution in [2.24, 2.45) is 5.92 Å². The summed E-state index contributed by atoms with van der Waals surface area (Å²) in [7, 11) is 0. The fraction of sp³-hybridized carbons (Fsp3) is 0.588. The van der Waals surface area contributed by atoms with Gasteiger partial charge in [0, 0.05) is 11.1 Å². The van der Waals surface area contributed by atoms with Crippen LogP contribution in [0, 0.1) is 5.92 Å². The lowest BCUT2D eigenvalue weighted by Gasteiger charge is -2.34. The summed E-state index contributed by atoms with van der Waals surface area (Å²) >= 11 is 18.1. The normalized spacial score (nSPS) is 22.7. The molecular weight excluding hydrogens is 369 g/mol. The first-order valence-electron chi connectivity index (χ1n) is 8.43. The fourth-order valence-corrected chi connectivity index (χ4v) is 4.58. The molecule has 2 fully saturated rings. The van der Waals surface area contributed by atoms with Crippen molar-refractivity contribution in [3.63, 3.8) is 0 Å². The van der Waals surface area contributed by atoms with Gasteiger partial charge in [0.15, 0.2) is 0 Å². The Kier molecular flexibility index (Phi) is 6.27. The topological polar surface area (TPSA) is 44.4 Å². The lowest BCUT2D eigenvalue weighted by atomic mass is 9.88. The summed E-state index contributed by atoms with van der Waals surface area (Å²) in [6.45, 7) is 3.42. The number of hydrogen-bond acceptors (Lipinski definition) is 3. The predicted octanol–water partition coefficient (Wildman–Crippen LogP) is 4.05. The minimum absolute atomic E-state index is 0.0986. The van der Waals surface area contributed by atoms with Gasteiger partial charge in [-0.1, -0.05) is 34.8 Å². The van der Waals surface area contributed by atoms with Crippen LogP contribution >= 0.6 is 34.8 Å². The highest BCUT2D eigenvalue weighted by molar-refractivity contribution is 6.42. The van der Waals surface area contributed by atoms with Crippen LogP contribution < -0.4 is 10.6 Å². The molecule has 0 saturated carbocycles. The minimum atomic E-state index is -0.0986. The molecular formula is C17H22Cl3N3O. The van der Waals surface area contributed by atoms with E-state index in [1.54, 1.807) is 12.1 Å². The Morgan fingerprint density at radius 1 is 1.17 bits per heavy atom. The van der Waals surface area contributed by atoms with Gasteiger partial charge in [-0.2, -0.15) is 0 Å². The van der Waals surface area contributed by atoms with Gasteiger partial charge in [0.25, 0.3) is 0 Å². The average Bonchev–Trinajstić information content (AvgIpc) is 3.06. The van der Waals surface area contributed by atoms with Crippen LogP contribution in [0.3, 0.4) is 0 Å². The van der Waals surface area contributed by atoms with Crippen molar-refractivity contribution in [1.82, 2.24) is 10.2 Å². The van der Waals surface area contributed by atoms with E-state index in [-0.39, 0.29) is 5.91 Å². The van der Waals surface area contributed by atoms with Gasteiger partial charge in [0.2, 0.25) is 5.91 Å². The van der Waals surface area contributed by atoms with E-state index in [9.17, 15) is 4.79 Å². The summed E-state index contributed by atoms with van der Waals surface area (Å²) in [4.78, 5) is 14.5. The number of carbonyl (C=O) groups excluding carboxylic acids is 1. The van der Waals surface area contributed by atoms with Gasteiger partial charge in [-0.25, -0.2) is 0 Å². The highest BCUT2D eigenvalue weighted by Crippen LogP contribution is 2.33. The molecule has 132 valence electrons. The van der Waals surface area contributed by atoms with Crippen molar-refractivity contribution < 1.29 is 4.79 Å². The third-order valence-electron chi connectivity index (χ3n) is 4.94. The zero-order valence-electron chi connectivity index (χ0n) is 13.5. The first-order valence-corrected chi connectivity index (χ1v) is 9.56. The van der Waals surface area contributed by atoms with E-state index in [0.717, 1.165) is 38.4 Å². The van der Waals surface area contributed by atoms with Crippen LogP contribution in [-0.4, -0.2) is 43.0 Å². The van der Waals surface area contributed by atoms with Gasteiger partial charge >= 0.3 is 0 Å². The fourth-order valence-electron chi connectivity index (χ4n) is 3.67. The standard InChI is InChI=1S/C17H22Cl3N3O/c18-12-8-13(19)17(14(20)9-12)22-16(24)10-23-6-3-11(4-7-23)15-2-1-5-21-15/h8-9,11,15,21H,1-7,10H2,(H,22,24). The van der Waals surface area contributed by atoms with Crippen LogP contribution in [0.1, 0.15) is 25.7 Å². The minimum Gasteiger partial charge on any atom is -0.322 e. The Morgan fingerprint density at radius 2 is 1.83 bits per heavy atom. The number of benzene rings is 1. The van der Waals surface area contributed by atoms with Gasteiger partial charge in [-0.05, 0) is 63.4 Å². The number of nitrogens with one attached hydrogen (secondary N) is 2. The lowest BCUT2D eigenvalue weighted by Crippen LogP contribution is -2.43. The van der Waals surface area contributed by atoms with E-state index < -0.39 is 0 Å². The molecule has 1 unspecified atom stereocenters. The van der Waals surface area contributed by atoms with Gasteiger partial charge in [0.05, 0.1) is 22.3 Å². The van der Waals surface area contributed by atoms with Crippen LogP contribution in [0.2, 0.25) is 15.1 Å². The smallest absolute Gasteiger partial charge is 0.238 e. The number of halogens is 3. The van der Waals surface area contributed by atoms with E-state index in [2.05, 4.69) is 15.5 Å². The van der Waals surface area contributed by atoms with Gasteiger partial charge in [-0.3, -0.25) is 9.69 Å². The molecule has 0 spiro atoms. The van der Waals surface area contributed by atoms with Crippen LogP contribution in [0.5, 0.6) is 0 Å². The molecule has 2 heterocycles. The van der Waals surface area contributed by atoms with Crippen molar-refractivity contribution in [2.75, 3.05) is 31.5 Å². The van der Waals surface area contributed by atoms with Crippen molar-refractivity contribution in [3.05, 3.63) is 27.2 Å². The van der Waals surface area contributed by atoms with E-state index in [0.29, 0.717) is 33.3 Å². The molecule has 7 heteroatoms. The van der Waals surface area contributed by atoms with Crippen LogP contribution in [0.25, 0.3) is 0 Å². The second kappa shape index (κ2) is 8.24. The number of amides is 1. The van der Waals surface area contributed by atoms with Crippen molar-refractivity contribution >= 4 is 46.4 Å². The second-order valence-corrected chi connectivity index (χ2v) is 7.86. The van der Waals surface area contributed by atoms with Crippen molar-refractivity contribution in [2.45, 2.75) is 31.7 Å². The summed E-state index contributed by atoms with van der Waals surface area (Å²) in [6, 6.07) is 3.82. The SMILES string of the molecule is O=C(CN1CCC(C2CCCN2)CC1)Nc1c(Cl)cc(Cl)cc1Cl. The van der Waals surface area contributed by atoms with Gasteiger partial charge < -0.3 is 10.6 Å². The number of piperidine rings is 1. The second-order valence-electron chi connectivity index (χ2n) is 6.61. The van der Waals surface area contributed by atoms with Crippen molar-refractivity contribution in [3.8, 4) is 0 Å². The number of rotatable bonds is 4. The molecule has 1 aromatic carbocycles. The van der Waals surface area contributed by atoms with Gasteiger partial charge in [0.1, 0.15) is 0 Å². The number of carbonyl (C=O) groups is 1. The molecule has 0 radical (unpaired) electrons. The first kappa shape index (κ1) is 18.3. The number of hydrogen-bond donors (Lipinski definition) is 2. The molecule has 3 rings (SSSR count). The monoisotopic (exact) mass is 389 g/mol. The maximum atomic E-state index is 12.3. The van der Waals surface area contributed by atoms with E-state index in [1.807, 2.05) is 0 Å². The Hall–Kier alpha value is -0.520. The number of anilines is 1. The van der Waals surface area contributed by atoms with Crippen LogP contribution in [0.15, 0.2) is 12.1 Å². The third kappa shape index (κ3) is 4.55. The molecule has 24 heavy (non-hydrogen) atoms. The lowest BCUT2D eigenvalue weighted by molar-refractivity contribution is -0.117. The Labute approximate surface area is 157 Å². The third-order valence-corrected chi connectivity index (χ3v) is 5.75. The molecule has 1 aromatic rings. The number of nitrogens with zero attached hydrogens (tertiary/aromatic N) is 1. The molecule has 0 bridgehead atoms.